The Kier molecular flexibility index (Phi) is 9.01. The van der Waals surface area contributed by atoms with Crippen molar-refractivity contribution in [1.82, 2.24) is 9.88 Å². The molecule has 2 heterocycles. The smallest absolute Gasteiger partial charge is 0.414 e. The van der Waals surface area contributed by atoms with E-state index in [-0.39, 0.29) is 12.0 Å². The molecule has 0 bridgehead atoms. The van der Waals surface area contributed by atoms with Gasteiger partial charge in [-0.1, -0.05) is 63.2 Å². The molecule has 0 radical (unpaired) electrons. The molecule has 0 atom stereocenters. The number of hydrogen-bond acceptors (Lipinski definition) is 6. The van der Waals surface area contributed by atoms with Crippen molar-refractivity contribution in [2.24, 2.45) is 5.41 Å². The molecule has 0 spiro atoms. The minimum Gasteiger partial charge on any atom is -0.473 e. The van der Waals surface area contributed by atoms with Crippen molar-refractivity contribution in [3.8, 4) is 11.3 Å². The second kappa shape index (κ2) is 12.0. The number of likely N-dealkylation sites (N-methyl/N-ethyl adjacent to an activating group) is 1. The van der Waals surface area contributed by atoms with Crippen LogP contribution < -0.4 is 4.90 Å². The molecule has 3 aromatic rings. The number of hydrogen-bond donors (Lipinski definition) is 3. The van der Waals surface area contributed by atoms with E-state index < -0.39 is 11.9 Å². The van der Waals surface area contributed by atoms with Gasteiger partial charge in [-0.3, -0.25) is 0 Å². The topological polar surface area (TPSA) is 114 Å². The van der Waals surface area contributed by atoms with Crippen molar-refractivity contribution in [3.63, 3.8) is 0 Å². The Morgan fingerprint density at radius 1 is 0.944 bits per heavy atom. The zero-order valence-corrected chi connectivity index (χ0v) is 21.1. The number of fused-ring (bicyclic) bond motifs is 1. The first-order valence-corrected chi connectivity index (χ1v) is 12.2. The fourth-order valence-electron chi connectivity index (χ4n) is 4.29. The van der Waals surface area contributed by atoms with Crippen LogP contribution in [0, 0.1) is 5.41 Å². The normalized spacial score (nSPS) is 14.3. The van der Waals surface area contributed by atoms with Crippen molar-refractivity contribution in [3.05, 3.63) is 60.2 Å². The number of pyridine rings is 1. The molecular weight excluding hydrogens is 458 g/mol. The van der Waals surface area contributed by atoms with Gasteiger partial charge < -0.3 is 25.1 Å². The van der Waals surface area contributed by atoms with Crippen LogP contribution in [0.3, 0.4) is 0 Å². The molecule has 0 saturated carbocycles. The van der Waals surface area contributed by atoms with E-state index in [1.54, 1.807) is 0 Å². The summed E-state index contributed by atoms with van der Waals surface area (Å²) in [6.07, 6.45) is 0.844. The number of anilines is 1. The molecule has 2 aromatic carbocycles. The van der Waals surface area contributed by atoms with E-state index in [4.69, 9.17) is 24.8 Å². The number of aliphatic carboxylic acids is 2. The SMILES string of the molecule is CCN1CCN(c2nc(-c3cccc(CC(C)(C)CO)c3)cc3ccccc23)CC1.O=C(O)C(=O)O. The molecule has 1 aromatic heterocycles. The molecule has 192 valence electrons. The summed E-state index contributed by atoms with van der Waals surface area (Å²) in [6, 6.07) is 19.4. The van der Waals surface area contributed by atoms with Crippen LogP contribution in [0.25, 0.3) is 22.0 Å². The summed E-state index contributed by atoms with van der Waals surface area (Å²) >= 11 is 0. The van der Waals surface area contributed by atoms with Crippen LogP contribution >= 0.6 is 0 Å². The first kappa shape index (κ1) is 27.1. The zero-order chi connectivity index (χ0) is 26.3. The quantitative estimate of drug-likeness (QED) is 0.445. The Morgan fingerprint density at radius 2 is 1.61 bits per heavy atom. The number of aliphatic hydroxyl groups excluding tert-OH is 1. The maximum atomic E-state index is 9.66. The van der Waals surface area contributed by atoms with Gasteiger partial charge in [0.15, 0.2) is 0 Å². The standard InChI is InChI=1S/C26H33N3O.C2H2O4/c1-4-28-12-14-29(15-13-28)25-23-11-6-5-9-21(23)17-24(27-25)22-10-7-8-20(16-22)18-26(2,3)19-30;3-1(4)2(5)6/h5-11,16-17,30H,4,12-15,18-19H2,1-3H3;(H,3,4)(H,5,6). The lowest BCUT2D eigenvalue weighted by atomic mass is 9.86. The van der Waals surface area contributed by atoms with E-state index in [0.717, 1.165) is 56.2 Å². The Bertz CT molecular complexity index is 1190. The highest BCUT2D eigenvalue weighted by molar-refractivity contribution is 6.27. The second-order valence-electron chi connectivity index (χ2n) is 9.78. The van der Waals surface area contributed by atoms with Crippen molar-refractivity contribution in [1.29, 1.82) is 0 Å². The summed E-state index contributed by atoms with van der Waals surface area (Å²) in [5.41, 5.74) is 3.27. The van der Waals surface area contributed by atoms with Gasteiger partial charge in [0.1, 0.15) is 5.82 Å². The van der Waals surface area contributed by atoms with Crippen LogP contribution in [0.1, 0.15) is 26.3 Å². The lowest BCUT2D eigenvalue weighted by Gasteiger charge is -2.35. The monoisotopic (exact) mass is 493 g/mol. The third-order valence-corrected chi connectivity index (χ3v) is 6.36. The minimum atomic E-state index is -1.82. The maximum absolute atomic E-state index is 9.66. The molecule has 0 unspecified atom stereocenters. The van der Waals surface area contributed by atoms with E-state index in [0.29, 0.717) is 0 Å². The number of rotatable bonds is 6. The number of aliphatic hydroxyl groups is 1. The van der Waals surface area contributed by atoms with E-state index >= 15 is 0 Å². The van der Waals surface area contributed by atoms with Gasteiger partial charge in [-0.05, 0) is 41.5 Å². The first-order chi connectivity index (χ1) is 17.1. The summed E-state index contributed by atoms with van der Waals surface area (Å²) in [5, 5.41) is 26.9. The van der Waals surface area contributed by atoms with Gasteiger partial charge in [-0.2, -0.15) is 0 Å². The lowest BCUT2D eigenvalue weighted by molar-refractivity contribution is -0.159. The molecule has 1 saturated heterocycles. The number of nitrogens with zero attached hydrogens (tertiary/aromatic N) is 3. The predicted molar refractivity (Wildman–Crippen MR) is 141 cm³/mol. The lowest BCUT2D eigenvalue weighted by Crippen LogP contribution is -2.46. The number of piperazine rings is 1. The summed E-state index contributed by atoms with van der Waals surface area (Å²) in [7, 11) is 0. The van der Waals surface area contributed by atoms with Crippen molar-refractivity contribution >= 4 is 28.5 Å². The van der Waals surface area contributed by atoms with E-state index in [1.807, 2.05) is 0 Å². The summed E-state index contributed by atoms with van der Waals surface area (Å²) in [5.74, 6) is -2.55. The minimum absolute atomic E-state index is 0.125. The van der Waals surface area contributed by atoms with Gasteiger partial charge in [-0.15, -0.1) is 0 Å². The van der Waals surface area contributed by atoms with Crippen LogP contribution in [0.2, 0.25) is 0 Å². The van der Waals surface area contributed by atoms with Gasteiger partial charge >= 0.3 is 11.9 Å². The number of carbonyl (C=O) groups is 2. The third-order valence-electron chi connectivity index (χ3n) is 6.36. The fraction of sp³-hybridized carbons (Fsp3) is 0.393. The van der Waals surface area contributed by atoms with E-state index in [9.17, 15) is 5.11 Å². The highest BCUT2D eigenvalue weighted by atomic mass is 16.4. The van der Waals surface area contributed by atoms with E-state index in [2.05, 4.69) is 85.2 Å². The van der Waals surface area contributed by atoms with Gasteiger partial charge in [0, 0.05) is 43.7 Å². The van der Waals surface area contributed by atoms with Gasteiger partial charge in [-0.25, -0.2) is 14.6 Å². The zero-order valence-electron chi connectivity index (χ0n) is 21.1. The second-order valence-corrected chi connectivity index (χ2v) is 9.78. The Balaban J connectivity index is 0.000000538. The number of carboxylic acid groups (broad SMARTS) is 2. The van der Waals surface area contributed by atoms with Crippen LogP contribution in [0.4, 0.5) is 5.82 Å². The average molecular weight is 494 g/mol. The van der Waals surface area contributed by atoms with Crippen LogP contribution in [0.5, 0.6) is 0 Å². The van der Waals surface area contributed by atoms with Gasteiger partial charge in [0.05, 0.1) is 5.69 Å². The molecule has 1 fully saturated rings. The van der Waals surface area contributed by atoms with Crippen LogP contribution in [-0.4, -0.2) is 76.5 Å². The van der Waals surface area contributed by atoms with Crippen LogP contribution in [-0.2, 0) is 16.0 Å². The number of benzene rings is 2. The molecule has 36 heavy (non-hydrogen) atoms. The summed E-state index contributed by atoms with van der Waals surface area (Å²) in [4.78, 5) is 28.3. The van der Waals surface area contributed by atoms with Crippen LogP contribution in [0.15, 0.2) is 54.6 Å². The molecule has 8 nitrogen and oxygen atoms in total. The highest BCUT2D eigenvalue weighted by Crippen LogP contribution is 2.32. The molecule has 8 heteroatoms. The average Bonchev–Trinajstić information content (AvgIpc) is 2.88. The van der Waals surface area contributed by atoms with Gasteiger partial charge in [0.25, 0.3) is 0 Å². The Labute approximate surface area is 211 Å². The first-order valence-electron chi connectivity index (χ1n) is 12.2. The molecule has 1 aliphatic heterocycles. The van der Waals surface area contributed by atoms with Gasteiger partial charge in [0.2, 0.25) is 0 Å². The highest BCUT2D eigenvalue weighted by Gasteiger charge is 2.21. The summed E-state index contributed by atoms with van der Waals surface area (Å²) < 4.78 is 0. The summed E-state index contributed by atoms with van der Waals surface area (Å²) in [6.45, 7) is 11.9. The van der Waals surface area contributed by atoms with Crippen molar-refractivity contribution < 1.29 is 24.9 Å². The molecule has 0 aliphatic carbocycles. The Morgan fingerprint density at radius 3 is 2.22 bits per heavy atom. The molecule has 0 amide bonds. The molecule has 4 rings (SSSR count). The maximum Gasteiger partial charge on any atom is 0.414 e. The molecule has 1 aliphatic rings. The Hall–Kier alpha value is -3.49. The van der Waals surface area contributed by atoms with E-state index in [1.165, 1.54) is 16.3 Å². The fourth-order valence-corrected chi connectivity index (χ4v) is 4.29. The molecule has 3 N–H and O–H groups in total. The van der Waals surface area contributed by atoms with Crippen molar-refractivity contribution in [2.75, 3.05) is 44.2 Å². The number of aromatic nitrogens is 1. The predicted octanol–water partition coefficient (Wildman–Crippen LogP) is 3.76. The molecular formula is C28H35N3O5. The number of carboxylic acids is 2. The largest absolute Gasteiger partial charge is 0.473 e. The van der Waals surface area contributed by atoms with Crippen molar-refractivity contribution in [2.45, 2.75) is 27.2 Å². The third kappa shape index (κ3) is 7.02.